The molecule has 0 fully saturated rings. The van der Waals surface area contributed by atoms with E-state index in [1.54, 1.807) is 24.0 Å². The Bertz CT molecular complexity index is 563. The summed E-state index contributed by atoms with van der Waals surface area (Å²) in [6.45, 7) is -0.907. The topological polar surface area (TPSA) is 60.0 Å². The molecule has 2 rings (SSSR count). The predicted octanol–water partition coefficient (Wildman–Crippen LogP) is 1.30. The van der Waals surface area contributed by atoms with Crippen molar-refractivity contribution in [2.45, 2.75) is 6.18 Å². The third-order valence-electron chi connectivity index (χ3n) is 2.69. The highest BCUT2D eigenvalue weighted by Gasteiger charge is 2.32. The number of hydrogen-bond acceptors (Lipinski definition) is 4. The van der Waals surface area contributed by atoms with E-state index in [9.17, 15) is 13.2 Å². The van der Waals surface area contributed by atoms with Gasteiger partial charge in [0.1, 0.15) is 12.1 Å². The van der Waals surface area contributed by atoms with Crippen LogP contribution in [-0.4, -0.2) is 40.3 Å². The normalized spacial score (nSPS) is 12.1. The number of fused-ring (bicyclic) bond motifs is 1. The molecule has 19 heavy (non-hydrogen) atoms. The largest absolute Gasteiger partial charge is 0.405 e. The third-order valence-corrected chi connectivity index (χ3v) is 2.69. The van der Waals surface area contributed by atoms with E-state index in [4.69, 9.17) is 5.73 Å². The molecule has 0 atom stereocenters. The van der Waals surface area contributed by atoms with Crippen molar-refractivity contribution in [3.63, 3.8) is 0 Å². The number of halogens is 3. The zero-order valence-corrected chi connectivity index (χ0v) is 10.4. The first-order valence-corrected chi connectivity index (χ1v) is 5.70. The number of alkyl halides is 3. The molecule has 0 aromatic carbocycles. The van der Waals surface area contributed by atoms with Crippen molar-refractivity contribution in [1.29, 1.82) is 0 Å². The molecule has 2 N–H and O–H groups in total. The van der Waals surface area contributed by atoms with E-state index in [1.807, 2.05) is 0 Å². The molecule has 2 aromatic rings. The van der Waals surface area contributed by atoms with Crippen molar-refractivity contribution >= 4 is 16.9 Å². The molecule has 2 heterocycles. The standard InChI is InChI=1S/C11H14F3N5/c1-18-7-17-9-8(18)2-4-16-10(9)19(5-3-15)6-11(12,13)14/h2,4,7H,3,5-6,15H2,1H3. The Morgan fingerprint density at radius 1 is 1.37 bits per heavy atom. The fraction of sp³-hybridized carbons (Fsp3) is 0.455. The van der Waals surface area contributed by atoms with E-state index in [2.05, 4.69) is 9.97 Å². The van der Waals surface area contributed by atoms with Crippen molar-refractivity contribution in [1.82, 2.24) is 14.5 Å². The molecule has 0 unspecified atom stereocenters. The molecule has 0 saturated carbocycles. The van der Waals surface area contributed by atoms with Crippen molar-refractivity contribution in [3.05, 3.63) is 18.6 Å². The summed E-state index contributed by atoms with van der Waals surface area (Å²) in [7, 11) is 1.77. The minimum Gasteiger partial charge on any atom is -0.344 e. The molecule has 5 nitrogen and oxygen atoms in total. The highest BCUT2D eigenvalue weighted by molar-refractivity contribution is 5.86. The Kier molecular flexibility index (Phi) is 3.61. The van der Waals surface area contributed by atoms with Crippen LogP contribution in [0.4, 0.5) is 19.0 Å². The third kappa shape index (κ3) is 2.95. The molecule has 0 radical (unpaired) electrons. The van der Waals surface area contributed by atoms with Crippen LogP contribution in [0, 0.1) is 0 Å². The zero-order chi connectivity index (χ0) is 14.0. The number of aryl methyl sites for hydroxylation is 1. The van der Waals surface area contributed by atoms with Gasteiger partial charge in [0, 0.05) is 26.3 Å². The van der Waals surface area contributed by atoms with Crippen molar-refractivity contribution in [2.75, 3.05) is 24.5 Å². The maximum Gasteiger partial charge on any atom is 0.405 e. The first kappa shape index (κ1) is 13.6. The van der Waals surface area contributed by atoms with Crippen molar-refractivity contribution in [2.24, 2.45) is 12.8 Å². The number of pyridine rings is 1. The van der Waals surface area contributed by atoms with Gasteiger partial charge in [-0.15, -0.1) is 0 Å². The Hall–Kier alpha value is -1.83. The Morgan fingerprint density at radius 3 is 2.74 bits per heavy atom. The first-order valence-electron chi connectivity index (χ1n) is 5.70. The Morgan fingerprint density at radius 2 is 2.11 bits per heavy atom. The molecule has 0 aliphatic heterocycles. The molecule has 0 aliphatic rings. The molecule has 104 valence electrons. The van der Waals surface area contributed by atoms with E-state index in [0.29, 0.717) is 5.52 Å². The van der Waals surface area contributed by atoms with Gasteiger partial charge in [-0.25, -0.2) is 9.97 Å². The van der Waals surface area contributed by atoms with E-state index >= 15 is 0 Å². The summed E-state index contributed by atoms with van der Waals surface area (Å²) in [6.07, 6.45) is -1.29. The minimum absolute atomic E-state index is 0.0716. The quantitative estimate of drug-likeness (QED) is 0.912. The summed E-state index contributed by atoms with van der Waals surface area (Å²) < 4.78 is 39.5. The van der Waals surface area contributed by atoms with Gasteiger partial charge in [-0.1, -0.05) is 0 Å². The molecular formula is C11H14F3N5. The summed E-state index contributed by atoms with van der Waals surface area (Å²) in [5.41, 5.74) is 6.55. The summed E-state index contributed by atoms with van der Waals surface area (Å²) in [5, 5.41) is 0. The molecule has 0 aliphatic carbocycles. The van der Waals surface area contributed by atoms with Crippen LogP contribution < -0.4 is 10.6 Å². The lowest BCUT2D eigenvalue weighted by atomic mass is 10.3. The second kappa shape index (κ2) is 5.04. The van der Waals surface area contributed by atoms with Crippen molar-refractivity contribution < 1.29 is 13.2 Å². The van der Waals surface area contributed by atoms with Crippen LogP contribution in [0.5, 0.6) is 0 Å². The lowest BCUT2D eigenvalue weighted by Gasteiger charge is -2.24. The number of hydrogen-bond donors (Lipinski definition) is 1. The molecule has 0 bridgehead atoms. The van der Waals surface area contributed by atoms with Crippen LogP contribution in [0.1, 0.15) is 0 Å². The second-order valence-electron chi connectivity index (χ2n) is 4.18. The van der Waals surface area contributed by atoms with Crippen LogP contribution in [-0.2, 0) is 7.05 Å². The molecule has 0 amide bonds. The molecular weight excluding hydrogens is 259 g/mol. The van der Waals surface area contributed by atoms with Gasteiger partial charge in [0.25, 0.3) is 0 Å². The maximum absolute atomic E-state index is 12.6. The van der Waals surface area contributed by atoms with Crippen LogP contribution in [0.2, 0.25) is 0 Å². The molecule has 8 heteroatoms. The molecule has 2 aromatic heterocycles. The van der Waals surface area contributed by atoms with Gasteiger partial charge in [-0.05, 0) is 6.07 Å². The van der Waals surface area contributed by atoms with Crippen LogP contribution >= 0.6 is 0 Å². The fourth-order valence-electron chi connectivity index (χ4n) is 1.91. The summed E-state index contributed by atoms with van der Waals surface area (Å²) >= 11 is 0. The maximum atomic E-state index is 12.6. The van der Waals surface area contributed by atoms with E-state index in [0.717, 1.165) is 10.4 Å². The van der Waals surface area contributed by atoms with E-state index in [1.165, 1.54) is 6.20 Å². The lowest BCUT2D eigenvalue weighted by molar-refractivity contribution is -0.119. The van der Waals surface area contributed by atoms with Crippen LogP contribution in [0.3, 0.4) is 0 Å². The van der Waals surface area contributed by atoms with E-state index < -0.39 is 12.7 Å². The monoisotopic (exact) mass is 273 g/mol. The highest BCUT2D eigenvalue weighted by Crippen LogP contribution is 2.25. The SMILES string of the molecule is Cn1cnc2c(N(CCN)CC(F)(F)F)nccc21. The Balaban J connectivity index is 2.44. The highest BCUT2D eigenvalue weighted by atomic mass is 19.4. The zero-order valence-electron chi connectivity index (χ0n) is 10.4. The van der Waals surface area contributed by atoms with Gasteiger partial charge in [-0.3, -0.25) is 0 Å². The molecule has 0 spiro atoms. The predicted molar refractivity (Wildman–Crippen MR) is 65.8 cm³/mol. The second-order valence-corrected chi connectivity index (χ2v) is 4.18. The van der Waals surface area contributed by atoms with Gasteiger partial charge in [0.2, 0.25) is 0 Å². The fourth-order valence-corrected chi connectivity index (χ4v) is 1.91. The first-order chi connectivity index (χ1) is 8.92. The van der Waals surface area contributed by atoms with Gasteiger partial charge < -0.3 is 15.2 Å². The number of nitrogens with zero attached hydrogens (tertiary/aromatic N) is 4. The van der Waals surface area contributed by atoms with E-state index in [-0.39, 0.29) is 18.9 Å². The van der Waals surface area contributed by atoms with Crippen LogP contribution in [0.25, 0.3) is 11.0 Å². The van der Waals surface area contributed by atoms with Gasteiger partial charge in [0.05, 0.1) is 11.8 Å². The number of imidazole rings is 1. The smallest absolute Gasteiger partial charge is 0.344 e. The van der Waals surface area contributed by atoms with Gasteiger partial charge in [-0.2, -0.15) is 13.2 Å². The minimum atomic E-state index is -4.31. The Labute approximate surface area is 107 Å². The summed E-state index contributed by atoms with van der Waals surface area (Å²) in [5.74, 6) is 0.209. The number of anilines is 1. The van der Waals surface area contributed by atoms with Gasteiger partial charge >= 0.3 is 6.18 Å². The molecule has 0 saturated heterocycles. The average Bonchev–Trinajstić information content (AvgIpc) is 2.69. The van der Waals surface area contributed by atoms with Crippen LogP contribution in [0.15, 0.2) is 18.6 Å². The van der Waals surface area contributed by atoms with Gasteiger partial charge in [0.15, 0.2) is 5.82 Å². The summed E-state index contributed by atoms with van der Waals surface area (Å²) in [6, 6.07) is 1.71. The summed E-state index contributed by atoms with van der Waals surface area (Å²) in [4.78, 5) is 9.23. The average molecular weight is 273 g/mol. The lowest BCUT2D eigenvalue weighted by Crippen LogP contribution is -2.38. The number of nitrogens with two attached hydrogens (primary N) is 1. The number of aromatic nitrogens is 3. The number of rotatable bonds is 4. The van der Waals surface area contributed by atoms with Crippen molar-refractivity contribution in [3.8, 4) is 0 Å².